The third-order valence-corrected chi connectivity index (χ3v) is 2.21. The number of hydrogen-bond donors (Lipinski definition) is 0. The lowest BCUT2D eigenvalue weighted by atomic mass is 10.1. The molecular weight excluding hydrogens is 146 g/mol. The zero-order valence-electron chi connectivity index (χ0n) is 8.28. The van der Waals surface area contributed by atoms with Gasteiger partial charge in [-0.2, -0.15) is 0 Å². The number of hydrogen-bond acceptors (Lipinski definition) is 0. The number of aromatic amines is 1. The summed E-state index contributed by atoms with van der Waals surface area (Å²) in [5.74, 6) is 0. The van der Waals surface area contributed by atoms with Gasteiger partial charge >= 0.3 is 0 Å². The molecule has 0 radical (unpaired) electrons. The highest BCUT2D eigenvalue weighted by atomic mass is 14.7. The van der Waals surface area contributed by atoms with E-state index in [0.717, 1.165) is 19.3 Å². The van der Waals surface area contributed by atoms with Gasteiger partial charge in [0.25, 0.3) is 0 Å². The number of nitrogens with one attached hydrogen (secondary N) is 1. The first-order valence-electron chi connectivity index (χ1n) is 4.84. The van der Waals surface area contributed by atoms with Crippen molar-refractivity contribution >= 4 is 0 Å². The quantitative estimate of drug-likeness (QED) is 0.650. The van der Waals surface area contributed by atoms with E-state index in [0.29, 0.717) is 0 Å². The third kappa shape index (κ3) is 2.07. The minimum Gasteiger partial charge on any atom is -0.213 e. The van der Waals surface area contributed by atoms with Crippen molar-refractivity contribution in [2.75, 3.05) is 0 Å². The molecule has 0 fully saturated rings. The average molecular weight is 164 g/mol. The zero-order valence-corrected chi connectivity index (χ0v) is 8.28. The van der Waals surface area contributed by atoms with Crippen molar-refractivity contribution in [3.63, 3.8) is 0 Å². The molecule has 0 spiro atoms. The Morgan fingerprint density at radius 1 is 0.917 bits per heavy atom. The fourth-order valence-corrected chi connectivity index (χ4v) is 1.35. The van der Waals surface area contributed by atoms with Crippen LogP contribution in [0.4, 0.5) is 0 Å². The fourth-order valence-electron chi connectivity index (χ4n) is 1.35. The van der Waals surface area contributed by atoms with E-state index in [9.17, 15) is 0 Å². The molecule has 0 aliphatic heterocycles. The van der Waals surface area contributed by atoms with Crippen LogP contribution in [0.3, 0.4) is 0 Å². The van der Waals surface area contributed by atoms with E-state index >= 15 is 0 Å². The maximum absolute atomic E-state index is 3.42. The molecule has 0 unspecified atom stereocenters. The molecule has 1 heterocycles. The lowest BCUT2D eigenvalue weighted by Crippen LogP contribution is -2.16. The predicted octanol–water partition coefficient (Wildman–Crippen LogP) is 2.19. The van der Waals surface area contributed by atoms with Gasteiger partial charge in [0.05, 0.1) is 0 Å². The van der Waals surface area contributed by atoms with Crippen LogP contribution in [-0.4, -0.2) is 0 Å². The van der Waals surface area contributed by atoms with Crippen LogP contribution in [0.2, 0.25) is 0 Å². The van der Waals surface area contributed by atoms with Gasteiger partial charge < -0.3 is 0 Å². The average Bonchev–Trinajstić information content (AvgIpc) is 2.16. The Kier molecular flexibility index (Phi) is 3.27. The van der Waals surface area contributed by atoms with Crippen molar-refractivity contribution in [2.45, 2.75) is 40.0 Å². The Labute approximate surface area is 74.8 Å². The monoisotopic (exact) mass is 164 g/mol. The lowest BCUT2D eigenvalue weighted by Gasteiger charge is -1.98. The maximum atomic E-state index is 3.42. The van der Waals surface area contributed by atoms with Gasteiger partial charge in [0.15, 0.2) is 11.4 Å². The summed E-state index contributed by atoms with van der Waals surface area (Å²) in [5.41, 5.74) is 4.15. The highest BCUT2D eigenvalue weighted by Crippen LogP contribution is 2.04. The first-order valence-corrected chi connectivity index (χ1v) is 4.84. The van der Waals surface area contributed by atoms with E-state index in [2.05, 4.69) is 37.9 Å². The second-order valence-electron chi connectivity index (χ2n) is 3.10. The molecule has 0 aliphatic carbocycles. The molecule has 0 bridgehead atoms. The highest BCUT2D eigenvalue weighted by Gasteiger charge is 2.04. The van der Waals surface area contributed by atoms with Gasteiger partial charge in [0.1, 0.15) is 0 Å². The molecule has 1 aromatic heterocycles. The molecular formula is C11H18N+. The predicted molar refractivity (Wildman–Crippen MR) is 51.1 cm³/mol. The standard InChI is InChI=1S/C11H17N/c1-4-9-7-10(5-2)12-11(6-3)8-9/h7-8H,4-6H2,1-3H3/p+1. The fraction of sp³-hybridized carbons (Fsp3) is 0.545. The van der Waals surface area contributed by atoms with Crippen LogP contribution in [0, 0.1) is 0 Å². The number of aromatic nitrogens is 1. The van der Waals surface area contributed by atoms with E-state index in [-0.39, 0.29) is 0 Å². The summed E-state index contributed by atoms with van der Waals surface area (Å²) in [4.78, 5) is 3.42. The number of H-pyrrole nitrogens is 1. The molecule has 0 saturated carbocycles. The molecule has 1 N–H and O–H groups in total. The van der Waals surface area contributed by atoms with E-state index in [4.69, 9.17) is 0 Å². The van der Waals surface area contributed by atoms with Gasteiger partial charge in [-0.15, -0.1) is 0 Å². The van der Waals surface area contributed by atoms with Gasteiger partial charge in [-0.3, -0.25) is 0 Å². The van der Waals surface area contributed by atoms with Crippen LogP contribution >= 0.6 is 0 Å². The van der Waals surface area contributed by atoms with E-state index in [1.165, 1.54) is 17.0 Å². The first kappa shape index (κ1) is 9.24. The number of rotatable bonds is 3. The normalized spacial score (nSPS) is 10.2. The molecule has 0 saturated heterocycles. The summed E-state index contributed by atoms with van der Waals surface area (Å²) in [6.45, 7) is 6.57. The van der Waals surface area contributed by atoms with Crippen molar-refractivity contribution in [1.82, 2.24) is 0 Å². The molecule has 0 aliphatic rings. The highest BCUT2D eigenvalue weighted by molar-refractivity contribution is 5.16. The van der Waals surface area contributed by atoms with Crippen molar-refractivity contribution in [1.29, 1.82) is 0 Å². The Bertz CT molecular complexity index is 198. The number of pyridine rings is 1. The second-order valence-corrected chi connectivity index (χ2v) is 3.10. The summed E-state index contributed by atoms with van der Waals surface area (Å²) in [7, 11) is 0. The van der Waals surface area contributed by atoms with Crippen molar-refractivity contribution in [3.8, 4) is 0 Å². The summed E-state index contributed by atoms with van der Waals surface area (Å²) in [6, 6.07) is 4.53. The minimum absolute atomic E-state index is 1.10. The van der Waals surface area contributed by atoms with E-state index in [1.807, 2.05) is 0 Å². The van der Waals surface area contributed by atoms with Gasteiger partial charge in [-0.05, 0) is 12.0 Å². The minimum atomic E-state index is 1.10. The van der Waals surface area contributed by atoms with Crippen LogP contribution in [0.25, 0.3) is 0 Å². The first-order chi connectivity index (χ1) is 5.80. The van der Waals surface area contributed by atoms with Crippen LogP contribution in [-0.2, 0) is 19.3 Å². The summed E-state index contributed by atoms with van der Waals surface area (Å²) < 4.78 is 0. The SMILES string of the molecule is CCc1cc(CC)[nH+]c(CC)c1. The Morgan fingerprint density at radius 2 is 1.42 bits per heavy atom. The molecule has 12 heavy (non-hydrogen) atoms. The van der Waals surface area contributed by atoms with Crippen LogP contribution < -0.4 is 4.98 Å². The number of aryl methyl sites for hydroxylation is 3. The third-order valence-electron chi connectivity index (χ3n) is 2.21. The van der Waals surface area contributed by atoms with Gasteiger partial charge in [0, 0.05) is 25.0 Å². The van der Waals surface area contributed by atoms with Gasteiger partial charge in [0.2, 0.25) is 0 Å². The van der Waals surface area contributed by atoms with Crippen LogP contribution in [0.1, 0.15) is 37.7 Å². The van der Waals surface area contributed by atoms with Gasteiger partial charge in [-0.1, -0.05) is 20.8 Å². The smallest absolute Gasteiger partial charge is 0.179 e. The summed E-state index contributed by atoms with van der Waals surface area (Å²) in [5, 5.41) is 0. The zero-order chi connectivity index (χ0) is 8.97. The molecule has 66 valence electrons. The molecule has 1 nitrogen and oxygen atoms in total. The lowest BCUT2D eigenvalue weighted by molar-refractivity contribution is -0.401. The topological polar surface area (TPSA) is 14.1 Å². The molecule has 1 heteroatoms. The van der Waals surface area contributed by atoms with Crippen molar-refractivity contribution in [2.24, 2.45) is 0 Å². The molecule has 1 aromatic rings. The van der Waals surface area contributed by atoms with Crippen molar-refractivity contribution < 1.29 is 4.98 Å². The Hall–Kier alpha value is -0.850. The maximum Gasteiger partial charge on any atom is 0.179 e. The Morgan fingerprint density at radius 3 is 1.75 bits per heavy atom. The largest absolute Gasteiger partial charge is 0.213 e. The molecule has 0 amide bonds. The van der Waals surface area contributed by atoms with E-state index in [1.54, 1.807) is 0 Å². The summed E-state index contributed by atoms with van der Waals surface area (Å²) in [6.07, 6.45) is 3.33. The summed E-state index contributed by atoms with van der Waals surface area (Å²) >= 11 is 0. The van der Waals surface area contributed by atoms with Crippen LogP contribution in [0.5, 0.6) is 0 Å². The molecule has 0 atom stereocenters. The Balaban J connectivity index is 3.01. The molecule has 0 aromatic carbocycles. The molecule has 1 rings (SSSR count). The second kappa shape index (κ2) is 4.24. The van der Waals surface area contributed by atoms with Crippen LogP contribution in [0.15, 0.2) is 12.1 Å². The van der Waals surface area contributed by atoms with Gasteiger partial charge in [-0.25, -0.2) is 4.98 Å². The van der Waals surface area contributed by atoms with E-state index < -0.39 is 0 Å². The van der Waals surface area contributed by atoms with Crippen molar-refractivity contribution in [3.05, 3.63) is 29.1 Å².